The maximum absolute atomic E-state index is 13.5. The summed E-state index contributed by atoms with van der Waals surface area (Å²) in [5.41, 5.74) is 14.6. The number of aliphatic carboxylic acids is 1. The average molecular weight is 706 g/mol. The molecule has 0 aliphatic heterocycles. The van der Waals surface area contributed by atoms with Crippen LogP contribution in [0.1, 0.15) is 46.8 Å². The number of carboxylic acid groups (broad SMARTS) is 1. The molecule has 0 saturated heterocycles. The lowest BCUT2D eigenvalue weighted by atomic mass is 10.1. The number of anilines is 2. The van der Waals surface area contributed by atoms with Gasteiger partial charge in [0.15, 0.2) is 11.7 Å². The molecule has 1 fully saturated rings. The number of esters is 1. The van der Waals surface area contributed by atoms with Crippen molar-refractivity contribution in [1.29, 1.82) is 0 Å². The summed E-state index contributed by atoms with van der Waals surface area (Å²) >= 11 is 0. The van der Waals surface area contributed by atoms with Crippen LogP contribution in [0.5, 0.6) is 0 Å². The number of oxime groups is 1. The molecule has 2 atom stereocenters. The Morgan fingerprint density at radius 3 is 2.34 bits per heavy atom. The van der Waals surface area contributed by atoms with Crippen molar-refractivity contribution in [2.75, 3.05) is 11.1 Å². The second-order valence-corrected chi connectivity index (χ2v) is 12.6. The Kier molecular flexibility index (Phi) is 12.2. The van der Waals surface area contributed by atoms with Crippen LogP contribution in [0, 0.1) is 0 Å². The zero-order valence-corrected chi connectivity index (χ0v) is 28.2. The van der Waals surface area contributed by atoms with E-state index in [1.807, 2.05) is 30.3 Å². The van der Waals surface area contributed by atoms with Crippen molar-refractivity contribution in [3.05, 3.63) is 112 Å². The number of nitrogen functional groups attached to an aromatic ring is 1. The van der Waals surface area contributed by atoms with E-state index in [9.17, 15) is 23.6 Å². The molecular weight excluding hydrogens is 668 g/mol. The first-order chi connectivity index (χ1) is 23.7. The summed E-state index contributed by atoms with van der Waals surface area (Å²) in [6.45, 7) is 0.928. The Morgan fingerprint density at radius 1 is 1.08 bits per heavy atom. The third kappa shape index (κ3) is 10.6. The lowest BCUT2D eigenvalue weighted by Crippen LogP contribution is -2.34. The van der Waals surface area contributed by atoms with Crippen molar-refractivity contribution in [3.8, 4) is 11.3 Å². The second kappa shape index (κ2) is 16.5. The van der Waals surface area contributed by atoms with E-state index in [2.05, 4.69) is 20.8 Å². The van der Waals surface area contributed by atoms with Gasteiger partial charge in [-0.15, -0.1) is 0 Å². The molecule has 5 rings (SSSR count). The molecule has 16 heteroatoms. The van der Waals surface area contributed by atoms with Crippen molar-refractivity contribution >= 4 is 44.4 Å². The van der Waals surface area contributed by atoms with Crippen LogP contribution in [-0.4, -0.2) is 55.0 Å². The monoisotopic (exact) mass is 705 g/mol. The first-order valence-electron chi connectivity index (χ1n) is 15.3. The number of benzene rings is 3. The van der Waals surface area contributed by atoms with Crippen LogP contribution in [0.3, 0.4) is 0 Å². The summed E-state index contributed by atoms with van der Waals surface area (Å²) in [5, 5.41) is 23.4. The molecule has 1 aromatic heterocycles. The van der Waals surface area contributed by atoms with Gasteiger partial charge in [0, 0.05) is 29.4 Å². The molecule has 0 bridgehead atoms. The van der Waals surface area contributed by atoms with Gasteiger partial charge in [0.1, 0.15) is 13.2 Å². The zero-order valence-electron chi connectivity index (χ0n) is 27.0. The molecule has 2 unspecified atom stereocenters. The van der Waals surface area contributed by atoms with E-state index in [1.54, 1.807) is 45.6 Å². The van der Waals surface area contributed by atoms with Crippen LogP contribution >= 0.6 is 9.24 Å². The van der Waals surface area contributed by atoms with Crippen molar-refractivity contribution in [1.82, 2.24) is 14.9 Å². The van der Waals surface area contributed by atoms with Crippen molar-refractivity contribution in [2.45, 2.75) is 50.9 Å². The lowest BCUT2D eigenvalue weighted by molar-refractivity contribution is -0.144. The van der Waals surface area contributed by atoms with E-state index < -0.39 is 28.8 Å². The maximum atomic E-state index is 13.5. The molecule has 262 valence electrons. The van der Waals surface area contributed by atoms with Crippen LogP contribution in [-0.2, 0) is 34.0 Å². The molecule has 50 heavy (non-hydrogen) atoms. The van der Waals surface area contributed by atoms with Gasteiger partial charge in [-0.25, -0.2) is 19.0 Å². The maximum Gasteiger partial charge on any atom is 0.344 e. The highest BCUT2D eigenvalue weighted by molar-refractivity contribution is 7.20. The standard InChI is InChI=1S/C31H31N7O5.C3H6FO2P/c32-24-13-22(12-23(14-24)31(41)43-18-20-4-2-1-3-5-20)26-16-35-29(36-25-10-11-25)30(40)38(26)17-27(39)34-15-19-6-8-21(9-7-19)28(33)37-42;1-3(4,7)2(5)6/h1-9,12-14,16,25,42H,10-11,15,17-18,32H2,(H2,33,37)(H,34,39)(H,35,36);7H2,1H3,(H,5,6). The Morgan fingerprint density at radius 2 is 1.74 bits per heavy atom. The number of ether oxygens (including phenoxy) is 1. The van der Waals surface area contributed by atoms with Gasteiger partial charge in [0.05, 0.1) is 17.5 Å². The van der Waals surface area contributed by atoms with E-state index in [1.165, 1.54) is 16.8 Å². The number of nitrogens with one attached hydrogen (secondary N) is 2. The Balaban J connectivity index is 0.000000727. The van der Waals surface area contributed by atoms with Gasteiger partial charge >= 0.3 is 11.9 Å². The molecule has 14 nitrogen and oxygen atoms in total. The normalized spacial score (nSPS) is 13.6. The summed E-state index contributed by atoms with van der Waals surface area (Å²) in [7, 11) is 1.56. The van der Waals surface area contributed by atoms with Gasteiger partial charge in [-0.2, -0.15) is 0 Å². The molecule has 3 aromatic carbocycles. The number of aromatic nitrogens is 2. The number of amides is 1. The van der Waals surface area contributed by atoms with E-state index in [-0.39, 0.29) is 48.6 Å². The number of alkyl halides is 1. The summed E-state index contributed by atoms with van der Waals surface area (Å²) < 4.78 is 18.7. The van der Waals surface area contributed by atoms with Crippen molar-refractivity contribution < 1.29 is 33.8 Å². The number of rotatable bonds is 12. The summed E-state index contributed by atoms with van der Waals surface area (Å²) in [4.78, 5) is 53.4. The molecule has 1 aliphatic rings. The van der Waals surface area contributed by atoms with E-state index in [0.717, 1.165) is 30.9 Å². The summed E-state index contributed by atoms with van der Waals surface area (Å²) in [6.07, 6.45) is 3.35. The molecule has 4 aromatic rings. The van der Waals surface area contributed by atoms with Crippen LogP contribution in [0.15, 0.2) is 88.9 Å². The third-order valence-electron chi connectivity index (χ3n) is 7.24. The Bertz CT molecular complexity index is 1930. The molecule has 1 amide bonds. The Hall–Kier alpha value is -5.82. The number of hydrogen-bond donors (Lipinski definition) is 6. The lowest BCUT2D eigenvalue weighted by Gasteiger charge is -2.16. The number of nitrogens with zero attached hydrogens (tertiary/aromatic N) is 3. The van der Waals surface area contributed by atoms with Gasteiger partial charge < -0.3 is 37.2 Å². The molecular formula is C34H37FN7O7P. The number of carbonyl (C=O) groups excluding carboxylic acids is 2. The molecule has 1 heterocycles. The molecule has 1 saturated carbocycles. The van der Waals surface area contributed by atoms with Crippen LogP contribution in [0.4, 0.5) is 15.9 Å². The first kappa shape index (κ1) is 37.0. The number of amidine groups is 1. The van der Waals surface area contributed by atoms with Crippen LogP contribution in [0.2, 0.25) is 0 Å². The molecule has 0 spiro atoms. The minimum absolute atomic E-state index is 0.0232. The smallest absolute Gasteiger partial charge is 0.344 e. The number of halogens is 1. The highest BCUT2D eigenvalue weighted by Gasteiger charge is 2.26. The number of hydrogen-bond acceptors (Lipinski definition) is 10. The second-order valence-electron chi connectivity index (χ2n) is 11.5. The summed E-state index contributed by atoms with van der Waals surface area (Å²) in [5.74, 6) is -2.34. The van der Waals surface area contributed by atoms with Crippen LogP contribution in [0.25, 0.3) is 11.3 Å². The number of carboxylic acids is 1. The molecule has 1 aliphatic carbocycles. The average Bonchev–Trinajstić information content (AvgIpc) is 3.92. The van der Waals surface area contributed by atoms with Crippen LogP contribution < -0.4 is 27.7 Å². The van der Waals surface area contributed by atoms with E-state index >= 15 is 0 Å². The van der Waals surface area contributed by atoms with Gasteiger partial charge in [0.2, 0.25) is 11.3 Å². The fraction of sp³-hybridized carbons (Fsp3) is 0.235. The quantitative estimate of drug-likeness (QED) is 0.0238. The SMILES string of the molecule is CC(F)(P)C(=O)O.N/C(=N\O)c1ccc(CNC(=O)Cn2c(-c3cc(N)cc(C(=O)OCc4ccccc4)c3)cnc(NC3CC3)c2=O)cc1. The topological polar surface area (TPSA) is 224 Å². The fourth-order valence-electron chi connectivity index (χ4n) is 4.37. The van der Waals surface area contributed by atoms with Gasteiger partial charge in [-0.05, 0) is 49.1 Å². The van der Waals surface area contributed by atoms with Gasteiger partial charge in [-0.3, -0.25) is 14.2 Å². The minimum atomic E-state index is -2.17. The Labute approximate surface area is 288 Å². The molecule has 8 N–H and O–H groups in total. The van der Waals surface area contributed by atoms with Crippen molar-refractivity contribution in [3.63, 3.8) is 0 Å². The number of nitrogens with two attached hydrogens (primary N) is 2. The number of carbonyl (C=O) groups is 3. The zero-order chi connectivity index (χ0) is 36.4. The highest BCUT2D eigenvalue weighted by atomic mass is 31.0. The predicted molar refractivity (Wildman–Crippen MR) is 188 cm³/mol. The highest BCUT2D eigenvalue weighted by Crippen LogP contribution is 2.26. The van der Waals surface area contributed by atoms with Gasteiger partial charge in [-0.1, -0.05) is 69.0 Å². The van der Waals surface area contributed by atoms with Crippen molar-refractivity contribution in [2.24, 2.45) is 10.9 Å². The fourth-order valence-corrected chi connectivity index (χ4v) is 4.37. The van der Waals surface area contributed by atoms with E-state index in [4.69, 9.17) is 26.5 Å². The molecule has 0 radical (unpaired) electrons. The third-order valence-corrected chi connectivity index (χ3v) is 7.49. The van der Waals surface area contributed by atoms with Gasteiger partial charge in [0.25, 0.3) is 5.56 Å². The van der Waals surface area contributed by atoms with E-state index in [0.29, 0.717) is 16.8 Å². The minimum Gasteiger partial charge on any atom is -0.479 e. The summed E-state index contributed by atoms with van der Waals surface area (Å²) in [6, 6.07) is 20.9. The largest absolute Gasteiger partial charge is 0.479 e. The predicted octanol–water partition coefficient (Wildman–Crippen LogP) is 3.47. The first-order valence-corrected chi connectivity index (χ1v) is 15.9.